The van der Waals surface area contributed by atoms with Crippen LogP contribution >= 0.6 is 0 Å². The lowest BCUT2D eigenvalue weighted by Gasteiger charge is -2.27. The van der Waals surface area contributed by atoms with Crippen LogP contribution in [0.1, 0.15) is 64.7 Å². The molecule has 0 fully saturated rings. The molecule has 0 bridgehead atoms. The molecule has 342 valence electrons. The van der Waals surface area contributed by atoms with E-state index < -0.39 is 96.7 Å². The van der Waals surface area contributed by atoms with Gasteiger partial charge in [0.2, 0.25) is 29.5 Å². The summed E-state index contributed by atoms with van der Waals surface area (Å²) in [5, 5.41) is 45.1. The van der Waals surface area contributed by atoms with E-state index in [1.165, 1.54) is 31.2 Å². The summed E-state index contributed by atoms with van der Waals surface area (Å²) in [5.41, 5.74) is 0.983. The highest BCUT2D eigenvalue weighted by Crippen LogP contribution is 2.14. The number of hydrogen-bond donors (Lipinski definition) is 9. The van der Waals surface area contributed by atoms with Crippen LogP contribution in [-0.2, 0) is 57.7 Å². The first-order chi connectivity index (χ1) is 29.7. The third-order valence-electron chi connectivity index (χ3n) is 9.15. The Kier molecular flexibility index (Phi) is 20.0. The topological polar surface area (TPSA) is 271 Å². The van der Waals surface area contributed by atoms with Gasteiger partial charge in [-0.3, -0.25) is 24.0 Å². The lowest BCUT2D eigenvalue weighted by atomic mass is 10.0. The van der Waals surface area contributed by atoms with Crippen molar-refractivity contribution >= 4 is 41.6 Å². The summed E-state index contributed by atoms with van der Waals surface area (Å²) in [5.74, 6) is -5.25. The fraction of sp³-hybridized carbons (Fsp3) is 0.444. The molecule has 0 saturated heterocycles. The number of hydrogen-bond acceptors (Lipinski definition) is 12. The highest BCUT2D eigenvalue weighted by atomic mass is 16.6. The Bertz CT molecular complexity index is 1970. The largest absolute Gasteiger partial charge is 0.508 e. The van der Waals surface area contributed by atoms with E-state index >= 15 is 0 Å². The van der Waals surface area contributed by atoms with Crippen LogP contribution < -0.4 is 31.9 Å². The maximum Gasteiger partial charge on any atom is 0.408 e. The SMILES string of the molecule is CC(C)C[C@H](NC(=O)[C@H](Cc1ccccc1)NC(=O)CNC(=O)[C@@H](CO)NC(=O)[C@H](Cc1ccc(O)cc1)NC(=O)OC(C)(C)C)C(=O)N[C@H](C(=O)OCc1ccccc1)[C@@H](C)O. The molecule has 3 aromatic rings. The molecule has 9 N–H and O–H groups in total. The Morgan fingerprint density at radius 3 is 1.65 bits per heavy atom. The third kappa shape index (κ3) is 18.5. The van der Waals surface area contributed by atoms with Gasteiger partial charge in [0.15, 0.2) is 6.04 Å². The highest BCUT2D eigenvalue weighted by molar-refractivity contribution is 5.96. The van der Waals surface area contributed by atoms with Crippen molar-refractivity contribution in [3.8, 4) is 5.75 Å². The molecule has 0 unspecified atom stereocenters. The quantitative estimate of drug-likeness (QED) is 0.0647. The number of aromatic hydroxyl groups is 1. The smallest absolute Gasteiger partial charge is 0.408 e. The Labute approximate surface area is 366 Å². The number of rotatable bonds is 22. The summed E-state index contributed by atoms with van der Waals surface area (Å²) in [6.07, 6.45) is -2.28. The Balaban J connectivity index is 1.71. The van der Waals surface area contributed by atoms with E-state index in [-0.39, 0.29) is 37.5 Å². The third-order valence-corrected chi connectivity index (χ3v) is 9.15. The van der Waals surface area contributed by atoms with Crippen LogP contribution in [-0.4, -0.2) is 112 Å². The standard InChI is InChI=1S/C45H60N6O12/c1-27(2)21-33(42(59)51-38(28(3)53)43(60)62-26-31-15-11-8-12-16-31)48-40(57)34(22-29-13-9-7-10-14-29)47-37(55)24-46-39(56)36(25-52)49-41(58)35(50-44(61)63-45(4,5)6)23-30-17-19-32(54)20-18-30/h7-20,27-28,33-36,38,52-54H,21-26H2,1-6H3,(H,46,56)(H,47,55)(H,48,57)(H,49,58)(H,50,61)(H,51,59)/t28-,33+,34+,35+,36-,38+/m1/s1. The van der Waals surface area contributed by atoms with Gasteiger partial charge in [0, 0.05) is 12.8 Å². The second kappa shape index (κ2) is 24.8. The number of amides is 6. The molecular formula is C45H60N6O12. The number of nitrogens with one attached hydrogen (secondary N) is 6. The van der Waals surface area contributed by atoms with Crippen molar-refractivity contribution in [3.63, 3.8) is 0 Å². The molecule has 0 saturated carbocycles. The van der Waals surface area contributed by atoms with Gasteiger partial charge < -0.3 is 56.7 Å². The van der Waals surface area contributed by atoms with Gasteiger partial charge in [-0.1, -0.05) is 86.6 Å². The molecule has 18 nitrogen and oxygen atoms in total. The Morgan fingerprint density at radius 2 is 1.13 bits per heavy atom. The number of phenols is 1. The molecule has 0 spiro atoms. The number of carbonyl (C=O) groups is 7. The predicted octanol–water partition coefficient (Wildman–Crippen LogP) is 1.29. The molecule has 0 aliphatic rings. The van der Waals surface area contributed by atoms with Gasteiger partial charge in [-0.25, -0.2) is 9.59 Å². The number of phenolic OH excluding ortho intramolecular Hbond substituents is 1. The normalized spacial score (nSPS) is 14.0. The van der Waals surface area contributed by atoms with Crippen molar-refractivity contribution in [1.82, 2.24) is 31.9 Å². The zero-order valence-corrected chi connectivity index (χ0v) is 36.4. The fourth-order valence-electron chi connectivity index (χ4n) is 6.01. The molecule has 0 heterocycles. The van der Waals surface area contributed by atoms with E-state index in [1.54, 1.807) is 81.4 Å². The summed E-state index contributed by atoms with van der Waals surface area (Å²) in [7, 11) is 0. The van der Waals surface area contributed by atoms with Gasteiger partial charge in [-0.15, -0.1) is 0 Å². The van der Waals surface area contributed by atoms with Crippen LogP contribution in [0.25, 0.3) is 0 Å². The average Bonchev–Trinajstić information content (AvgIpc) is 3.22. The average molecular weight is 877 g/mol. The first kappa shape index (κ1) is 50.8. The number of carbonyl (C=O) groups excluding carboxylic acids is 7. The van der Waals surface area contributed by atoms with Crippen molar-refractivity contribution in [2.45, 2.75) is 109 Å². The minimum absolute atomic E-state index is 0.0202. The van der Waals surface area contributed by atoms with Gasteiger partial charge in [0.25, 0.3) is 0 Å². The number of esters is 1. The maximum atomic E-state index is 13.9. The molecule has 6 amide bonds. The molecule has 3 rings (SSSR count). The van der Waals surface area contributed by atoms with E-state index in [0.717, 1.165) is 0 Å². The number of benzene rings is 3. The monoisotopic (exact) mass is 876 g/mol. The molecule has 6 atom stereocenters. The molecule has 0 aromatic heterocycles. The van der Waals surface area contributed by atoms with E-state index in [1.807, 2.05) is 13.8 Å². The van der Waals surface area contributed by atoms with E-state index in [2.05, 4.69) is 31.9 Å². The molecule has 0 aliphatic heterocycles. The number of aliphatic hydroxyl groups is 2. The molecule has 63 heavy (non-hydrogen) atoms. The van der Waals surface area contributed by atoms with Crippen molar-refractivity contribution in [3.05, 3.63) is 102 Å². The van der Waals surface area contributed by atoms with Crippen LogP contribution in [0.15, 0.2) is 84.9 Å². The lowest BCUT2D eigenvalue weighted by molar-refractivity contribution is -0.152. The predicted molar refractivity (Wildman–Crippen MR) is 230 cm³/mol. The van der Waals surface area contributed by atoms with Crippen LogP contribution in [0.3, 0.4) is 0 Å². The van der Waals surface area contributed by atoms with Gasteiger partial charge in [0.05, 0.1) is 19.3 Å². The van der Waals surface area contributed by atoms with Gasteiger partial charge >= 0.3 is 12.1 Å². The molecule has 0 radical (unpaired) electrons. The minimum Gasteiger partial charge on any atom is -0.508 e. The lowest BCUT2D eigenvalue weighted by Crippen LogP contribution is -2.59. The van der Waals surface area contributed by atoms with E-state index in [4.69, 9.17) is 9.47 Å². The van der Waals surface area contributed by atoms with E-state index in [0.29, 0.717) is 16.7 Å². The molecule has 3 aromatic carbocycles. The molecular weight excluding hydrogens is 817 g/mol. The second-order valence-corrected chi connectivity index (χ2v) is 16.4. The molecule has 18 heteroatoms. The van der Waals surface area contributed by atoms with Crippen molar-refractivity contribution in [2.75, 3.05) is 13.2 Å². The minimum atomic E-state index is -1.58. The van der Waals surface area contributed by atoms with Crippen LogP contribution in [0.5, 0.6) is 5.75 Å². The van der Waals surface area contributed by atoms with Crippen molar-refractivity contribution in [1.29, 1.82) is 0 Å². The van der Waals surface area contributed by atoms with Gasteiger partial charge in [-0.05, 0) is 68.9 Å². The highest BCUT2D eigenvalue weighted by Gasteiger charge is 2.34. The zero-order chi connectivity index (χ0) is 46.7. The van der Waals surface area contributed by atoms with Crippen LogP contribution in [0.2, 0.25) is 0 Å². The molecule has 0 aliphatic carbocycles. The summed E-state index contributed by atoms with van der Waals surface area (Å²) >= 11 is 0. The van der Waals surface area contributed by atoms with Crippen molar-refractivity contribution < 1.29 is 58.4 Å². The summed E-state index contributed by atoms with van der Waals surface area (Å²) in [6.45, 7) is 8.14. The van der Waals surface area contributed by atoms with Crippen molar-refractivity contribution in [2.24, 2.45) is 5.92 Å². The number of alkyl carbamates (subject to hydrolysis) is 1. The zero-order valence-electron chi connectivity index (χ0n) is 36.4. The summed E-state index contributed by atoms with van der Waals surface area (Å²) < 4.78 is 10.6. The first-order valence-electron chi connectivity index (χ1n) is 20.5. The fourth-order valence-corrected chi connectivity index (χ4v) is 6.01. The van der Waals surface area contributed by atoms with Gasteiger partial charge in [-0.2, -0.15) is 0 Å². The Hall–Kier alpha value is -6.53. The first-order valence-corrected chi connectivity index (χ1v) is 20.5. The summed E-state index contributed by atoms with van der Waals surface area (Å²) in [6, 6.07) is 16.5. The Morgan fingerprint density at radius 1 is 0.619 bits per heavy atom. The van der Waals surface area contributed by atoms with Crippen LogP contribution in [0, 0.1) is 5.92 Å². The maximum absolute atomic E-state index is 13.9. The summed E-state index contributed by atoms with van der Waals surface area (Å²) in [4.78, 5) is 93.1. The van der Waals surface area contributed by atoms with Crippen LogP contribution in [0.4, 0.5) is 4.79 Å². The van der Waals surface area contributed by atoms with Gasteiger partial charge in [0.1, 0.15) is 42.1 Å². The van der Waals surface area contributed by atoms with E-state index in [9.17, 15) is 48.9 Å². The number of aliphatic hydroxyl groups excluding tert-OH is 2. The number of ether oxygens (including phenoxy) is 2. The second-order valence-electron chi connectivity index (χ2n) is 16.4.